The third-order valence-corrected chi connectivity index (χ3v) is 4.05. The molecule has 0 aromatic rings. The molecule has 0 bridgehead atoms. The van der Waals surface area contributed by atoms with Crippen LogP contribution in [0.3, 0.4) is 0 Å². The Kier molecular flexibility index (Phi) is 6.95. The van der Waals surface area contributed by atoms with E-state index in [1.54, 1.807) is 0 Å². The second kappa shape index (κ2) is 8.22. The molecule has 0 aromatic heterocycles. The number of amides is 2. The zero-order valence-electron chi connectivity index (χ0n) is 13.3. The van der Waals surface area contributed by atoms with Crippen molar-refractivity contribution in [1.82, 2.24) is 10.6 Å². The van der Waals surface area contributed by atoms with Crippen LogP contribution in [0, 0.1) is 11.3 Å². The molecule has 0 spiro atoms. The summed E-state index contributed by atoms with van der Waals surface area (Å²) >= 11 is 0. The van der Waals surface area contributed by atoms with Gasteiger partial charge in [-0.05, 0) is 38.5 Å². The van der Waals surface area contributed by atoms with Gasteiger partial charge in [-0.3, -0.25) is 4.79 Å². The number of carbonyl (C=O) groups is 2. The van der Waals surface area contributed by atoms with Crippen molar-refractivity contribution in [2.75, 3.05) is 19.8 Å². The predicted molar refractivity (Wildman–Crippen MR) is 80.2 cm³/mol. The fraction of sp³-hybridized carbons (Fsp3) is 0.867. The fourth-order valence-corrected chi connectivity index (χ4v) is 2.41. The predicted octanol–water partition coefficient (Wildman–Crippen LogP) is 1.99. The fourth-order valence-electron chi connectivity index (χ4n) is 2.41. The average Bonchev–Trinajstić information content (AvgIpc) is 2.44. The minimum atomic E-state index is -0.892. The van der Waals surface area contributed by atoms with Crippen LogP contribution in [0.25, 0.3) is 0 Å². The molecule has 21 heavy (non-hydrogen) atoms. The molecule has 3 N–H and O–H groups in total. The molecule has 1 aliphatic heterocycles. The van der Waals surface area contributed by atoms with Crippen molar-refractivity contribution in [3.8, 4) is 0 Å². The molecular formula is C15H28N2O4. The number of ether oxygens (including phenoxy) is 1. The van der Waals surface area contributed by atoms with E-state index in [2.05, 4.69) is 24.5 Å². The highest BCUT2D eigenvalue weighted by Gasteiger charge is 2.40. The largest absolute Gasteiger partial charge is 0.481 e. The maximum Gasteiger partial charge on any atom is 0.315 e. The highest BCUT2D eigenvalue weighted by molar-refractivity contribution is 5.78. The van der Waals surface area contributed by atoms with E-state index in [9.17, 15) is 14.7 Å². The molecule has 0 radical (unpaired) electrons. The van der Waals surface area contributed by atoms with Crippen molar-refractivity contribution in [2.45, 2.75) is 52.5 Å². The Bertz CT molecular complexity index is 352. The minimum Gasteiger partial charge on any atom is -0.481 e. The highest BCUT2D eigenvalue weighted by atomic mass is 16.5. The standard InChI is InChI=1S/C15H28N2O4/c1-11(2)4-5-12(3)17-14(20)16-10-15(13(18)19)6-8-21-9-7-15/h11-12H,4-10H2,1-3H3,(H,18,19)(H2,16,17,20). The Balaban J connectivity index is 2.38. The number of hydrogen-bond donors (Lipinski definition) is 3. The number of carboxylic acids is 1. The summed E-state index contributed by atoms with van der Waals surface area (Å²) in [6, 6.07) is -0.207. The second-order valence-corrected chi connectivity index (χ2v) is 6.40. The number of urea groups is 1. The van der Waals surface area contributed by atoms with Gasteiger partial charge in [0.2, 0.25) is 0 Å². The van der Waals surface area contributed by atoms with Crippen molar-refractivity contribution in [1.29, 1.82) is 0 Å². The summed E-state index contributed by atoms with van der Waals surface area (Å²) in [4.78, 5) is 23.3. The van der Waals surface area contributed by atoms with Crippen LogP contribution in [0.4, 0.5) is 4.79 Å². The van der Waals surface area contributed by atoms with Gasteiger partial charge in [-0.1, -0.05) is 13.8 Å². The first-order valence-electron chi connectivity index (χ1n) is 7.71. The zero-order valence-corrected chi connectivity index (χ0v) is 13.3. The number of nitrogens with one attached hydrogen (secondary N) is 2. The van der Waals surface area contributed by atoms with Crippen LogP contribution in [0.2, 0.25) is 0 Å². The van der Waals surface area contributed by atoms with Gasteiger partial charge in [0.25, 0.3) is 0 Å². The molecule has 1 aliphatic rings. The van der Waals surface area contributed by atoms with Gasteiger partial charge in [0.05, 0.1) is 5.41 Å². The van der Waals surface area contributed by atoms with Gasteiger partial charge in [0.1, 0.15) is 0 Å². The number of carboxylic acid groups (broad SMARTS) is 1. The lowest BCUT2D eigenvalue weighted by Crippen LogP contribution is -2.50. The molecule has 0 saturated carbocycles. The lowest BCUT2D eigenvalue weighted by molar-refractivity contribution is -0.154. The van der Waals surface area contributed by atoms with E-state index in [-0.39, 0.29) is 18.6 Å². The molecule has 122 valence electrons. The van der Waals surface area contributed by atoms with Gasteiger partial charge >= 0.3 is 12.0 Å². The number of aliphatic carboxylic acids is 1. The normalized spacial score (nSPS) is 19.0. The van der Waals surface area contributed by atoms with Crippen LogP contribution in [0.1, 0.15) is 46.5 Å². The Morgan fingerprint density at radius 3 is 2.33 bits per heavy atom. The summed E-state index contributed by atoms with van der Waals surface area (Å²) in [6.45, 7) is 7.27. The summed E-state index contributed by atoms with van der Waals surface area (Å²) in [5, 5.41) is 15.0. The molecule has 1 unspecified atom stereocenters. The van der Waals surface area contributed by atoms with Crippen molar-refractivity contribution < 1.29 is 19.4 Å². The van der Waals surface area contributed by atoms with Crippen molar-refractivity contribution in [2.24, 2.45) is 11.3 Å². The van der Waals surface area contributed by atoms with Crippen LogP contribution in [0.5, 0.6) is 0 Å². The molecule has 6 heteroatoms. The van der Waals surface area contributed by atoms with Crippen molar-refractivity contribution in [3.05, 3.63) is 0 Å². The van der Waals surface area contributed by atoms with E-state index in [0.717, 1.165) is 12.8 Å². The van der Waals surface area contributed by atoms with Crippen molar-refractivity contribution >= 4 is 12.0 Å². The molecule has 1 heterocycles. The van der Waals surface area contributed by atoms with E-state index in [1.165, 1.54) is 0 Å². The van der Waals surface area contributed by atoms with Crippen LogP contribution < -0.4 is 10.6 Å². The molecule has 0 aliphatic carbocycles. The van der Waals surface area contributed by atoms with Crippen LogP contribution >= 0.6 is 0 Å². The number of rotatable bonds is 7. The van der Waals surface area contributed by atoms with Gasteiger partial charge in [0, 0.05) is 25.8 Å². The topological polar surface area (TPSA) is 87.7 Å². The van der Waals surface area contributed by atoms with Gasteiger partial charge in [0.15, 0.2) is 0 Å². The highest BCUT2D eigenvalue weighted by Crippen LogP contribution is 2.30. The number of carbonyl (C=O) groups excluding carboxylic acids is 1. The molecular weight excluding hydrogens is 272 g/mol. The smallest absolute Gasteiger partial charge is 0.315 e. The Labute approximate surface area is 126 Å². The number of hydrogen-bond acceptors (Lipinski definition) is 3. The summed E-state index contributed by atoms with van der Waals surface area (Å²) in [7, 11) is 0. The summed E-state index contributed by atoms with van der Waals surface area (Å²) in [5.74, 6) is -0.256. The third kappa shape index (κ3) is 5.91. The Morgan fingerprint density at radius 1 is 1.19 bits per heavy atom. The SMILES string of the molecule is CC(C)CCC(C)NC(=O)NCC1(C(=O)O)CCOCC1. The van der Waals surface area contributed by atoms with Gasteiger partial charge in [-0.15, -0.1) is 0 Å². The van der Waals surface area contributed by atoms with E-state index in [0.29, 0.717) is 32.0 Å². The Morgan fingerprint density at radius 2 is 1.81 bits per heavy atom. The average molecular weight is 300 g/mol. The van der Waals surface area contributed by atoms with Gasteiger partial charge in [-0.25, -0.2) is 4.79 Å². The summed E-state index contributed by atoms with van der Waals surface area (Å²) in [6.07, 6.45) is 2.85. The first-order valence-corrected chi connectivity index (χ1v) is 7.71. The first kappa shape index (κ1) is 17.8. The minimum absolute atomic E-state index is 0.0860. The van der Waals surface area contributed by atoms with Gasteiger partial charge < -0.3 is 20.5 Å². The van der Waals surface area contributed by atoms with E-state index in [4.69, 9.17) is 4.74 Å². The lowest BCUT2D eigenvalue weighted by atomic mass is 9.80. The van der Waals surface area contributed by atoms with E-state index < -0.39 is 11.4 Å². The molecule has 2 amide bonds. The maximum absolute atomic E-state index is 11.9. The monoisotopic (exact) mass is 300 g/mol. The summed E-state index contributed by atoms with van der Waals surface area (Å²) < 4.78 is 5.21. The molecule has 6 nitrogen and oxygen atoms in total. The molecule has 1 atom stereocenters. The molecule has 1 rings (SSSR count). The Hall–Kier alpha value is -1.30. The lowest BCUT2D eigenvalue weighted by Gasteiger charge is -2.33. The van der Waals surface area contributed by atoms with Crippen LogP contribution in [-0.4, -0.2) is 42.9 Å². The van der Waals surface area contributed by atoms with E-state index >= 15 is 0 Å². The molecule has 0 aromatic carbocycles. The van der Waals surface area contributed by atoms with Crippen molar-refractivity contribution in [3.63, 3.8) is 0 Å². The second-order valence-electron chi connectivity index (χ2n) is 6.40. The quantitative estimate of drug-likeness (QED) is 0.671. The maximum atomic E-state index is 11.9. The zero-order chi connectivity index (χ0) is 15.9. The van der Waals surface area contributed by atoms with Crippen LogP contribution in [-0.2, 0) is 9.53 Å². The van der Waals surface area contributed by atoms with Gasteiger partial charge in [-0.2, -0.15) is 0 Å². The molecule has 1 fully saturated rings. The summed E-state index contributed by atoms with van der Waals surface area (Å²) in [5.41, 5.74) is -0.892. The first-order chi connectivity index (χ1) is 9.85. The van der Waals surface area contributed by atoms with E-state index in [1.807, 2.05) is 6.92 Å². The molecule has 1 saturated heterocycles. The van der Waals surface area contributed by atoms with Crippen LogP contribution in [0.15, 0.2) is 0 Å². The third-order valence-electron chi connectivity index (χ3n) is 4.05.